The Morgan fingerprint density at radius 2 is 1.81 bits per heavy atom. The molecule has 1 amide bonds. The monoisotopic (exact) mass is 461 g/mol. The number of halogens is 2. The van der Waals surface area contributed by atoms with Gasteiger partial charge in [0.2, 0.25) is 15.9 Å². The second-order valence-corrected chi connectivity index (χ2v) is 9.51. The summed E-state index contributed by atoms with van der Waals surface area (Å²) >= 11 is 0. The van der Waals surface area contributed by atoms with Gasteiger partial charge in [0.15, 0.2) is 11.5 Å². The molecule has 0 radical (unpaired) electrons. The minimum Gasteiger partial charge on any atom is -0.490 e. The number of hydrogen-bond donors (Lipinski definition) is 0. The van der Waals surface area contributed by atoms with Crippen molar-refractivity contribution in [1.29, 1.82) is 0 Å². The van der Waals surface area contributed by atoms with Gasteiger partial charge in [0.05, 0.1) is 31.2 Å². The number of sulfonamides is 1. The molecule has 174 valence electrons. The Kier molecular flexibility index (Phi) is 8.06. The third kappa shape index (κ3) is 6.05. The first-order valence-electron chi connectivity index (χ1n) is 10.5. The summed E-state index contributed by atoms with van der Waals surface area (Å²) in [6.07, 6.45) is -1.11. The molecule has 2 heterocycles. The van der Waals surface area contributed by atoms with E-state index < -0.39 is 23.0 Å². The maximum absolute atomic E-state index is 13.1. The smallest absolute Gasteiger partial charge is 0.251 e. The zero-order chi connectivity index (χ0) is 22.4. The van der Waals surface area contributed by atoms with E-state index in [0.717, 1.165) is 6.42 Å². The first-order valence-corrected chi connectivity index (χ1v) is 11.9. The molecule has 1 fully saturated rings. The van der Waals surface area contributed by atoms with E-state index in [1.807, 2.05) is 6.92 Å². The average Bonchev–Trinajstić information content (AvgIpc) is 2.98. The Morgan fingerprint density at radius 3 is 2.45 bits per heavy atom. The van der Waals surface area contributed by atoms with E-state index >= 15 is 0 Å². The number of carbonyl (C=O) groups is 1. The molecule has 0 aliphatic carbocycles. The minimum atomic E-state index is -3.75. The van der Waals surface area contributed by atoms with E-state index in [1.165, 1.54) is 26.2 Å². The highest BCUT2D eigenvalue weighted by molar-refractivity contribution is 7.89. The number of carbonyl (C=O) groups excluding carboxylic acids is 1. The van der Waals surface area contributed by atoms with Gasteiger partial charge < -0.3 is 14.4 Å². The summed E-state index contributed by atoms with van der Waals surface area (Å²) in [6, 6.07) is 4.56. The fraction of sp³-hybridized carbons (Fsp3) is 0.650. The van der Waals surface area contributed by atoms with Crippen molar-refractivity contribution in [1.82, 2.24) is 14.1 Å². The first-order chi connectivity index (χ1) is 14.8. The number of ether oxygens (including phenoxy) is 2. The maximum Gasteiger partial charge on any atom is 0.251 e. The number of piperazine rings is 1. The van der Waals surface area contributed by atoms with Crippen LogP contribution in [0, 0.1) is 0 Å². The van der Waals surface area contributed by atoms with E-state index in [-0.39, 0.29) is 43.5 Å². The largest absolute Gasteiger partial charge is 0.490 e. The zero-order valence-corrected chi connectivity index (χ0v) is 18.5. The Morgan fingerprint density at radius 1 is 1.13 bits per heavy atom. The molecule has 0 bridgehead atoms. The number of alkyl halides is 2. The van der Waals surface area contributed by atoms with Crippen LogP contribution in [-0.4, -0.2) is 93.9 Å². The number of fused-ring (bicyclic) bond motifs is 1. The highest BCUT2D eigenvalue weighted by Crippen LogP contribution is 2.33. The van der Waals surface area contributed by atoms with Crippen molar-refractivity contribution in [2.24, 2.45) is 0 Å². The second kappa shape index (κ2) is 10.6. The number of nitrogens with zero attached hydrogens (tertiary/aromatic N) is 3. The van der Waals surface area contributed by atoms with Gasteiger partial charge >= 0.3 is 0 Å². The highest BCUT2D eigenvalue weighted by atomic mass is 32.2. The molecule has 0 saturated carbocycles. The predicted octanol–water partition coefficient (Wildman–Crippen LogP) is 1.66. The number of benzene rings is 1. The van der Waals surface area contributed by atoms with Crippen LogP contribution < -0.4 is 9.47 Å². The molecule has 0 atom stereocenters. The molecule has 3 rings (SSSR count). The highest BCUT2D eigenvalue weighted by Gasteiger charge is 2.31. The number of hydrogen-bond acceptors (Lipinski definition) is 6. The third-order valence-electron chi connectivity index (χ3n) is 5.24. The van der Waals surface area contributed by atoms with Crippen LogP contribution in [0.3, 0.4) is 0 Å². The molecule has 1 saturated heterocycles. The summed E-state index contributed by atoms with van der Waals surface area (Å²) in [7, 11) is -3.75. The SMILES string of the molecule is CCCN(CC(=O)N1CCN(S(=O)(=O)c2ccc3c(c2)OCCCO3)CC1)CC(F)F. The van der Waals surface area contributed by atoms with Crippen LogP contribution in [0.2, 0.25) is 0 Å². The summed E-state index contributed by atoms with van der Waals surface area (Å²) in [5.74, 6) is 0.663. The topological polar surface area (TPSA) is 79.4 Å². The molecule has 11 heteroatoms. The van der Waals surface area contributed by atoms with Crippen LogP contribution in [0.1, 0.15) is 19.8 Å². The van der Waals surface area contributed by atoms with Gasteiger partial charge in [-0.3, -0.25) is 9.69 Å². The molecular weight excluding hydrogens is 432 g/mol. The quantitative estimate of drug-likeness (QED) is 0.586. The molecule has 8 nitrogen and oxygen atoms in total. The van der Waals surface area contributed by atoms with Crippen molar-refractivity contribution in [3.8, 4) is 11.5 Å². The summed E-state index contributed by atoms with van der Waals surface area (Å²) in [5.41, 5.74) is 0. The summed E-state index contributed by atoms with van der Waals surface area (Å²) < 4.78 is 64.0. The van der Waals surface area contributed by atoms with Crippen LogP contribution >= 0.6 is 0 Å². The lowest BCUT2D eigenvalue weighted by atomic mass is 10.3. The summed E-state index contributed by atoms with van der Waals surface area (Å²) in [5, 5.41) is 0. The van der Waals surface area contributed by atoms with E-state index in [2.05, 4.69) is 0 Å². The van der Waals surface area contributed by atoms with Crippen molar-refractivity contribution in [2.75, 3.05) is 59.0 Å². The van der Waals surface area contributed by atoms with Gasteiger partial charge in [-0.25, -0.2) is 17.2 Å². The zero-order valence-electron chi connectivity index (χ0n) is 17.6. The lowest BCUT2D eigenvalue weighted by molar-refractivity contribution is -0.134. The minimum absolute atomic E-state index is 0.0902. The fourth-order valence-corrected chi connectivity index (χ4v) is 5.11. The predicted molar refractivity (Wildman–Crippen MR) is 110 cm³/mol. The maximum atomic E-state index is 13.1. The average molecular weight is 462 g/mol. The molecule has 2 aliphatic rings. The van der Waals surface area contributed by atoms with Gasteiger partial charge in [0.25, 0.3) is 6.43 Å². The van der Waals surface area contributed by atoms with Gasteiger partial charge in [-0.2, -0.15) is 4.31 Å². The standard InChI is InChI=1S/C20H29F2N3O5S/c1-2-6-23(14-19(21)22)15-20(26)24-7-9-25(10-8-24)31(27,28)16-4-5-17-18(13-16)30-12-3-11-29-17/h4-5,13,19H,2-3,6-12,14-15H2,1H3. The first kappa shape index (κ1) is 23.7. The van der Waals surface area contributed by atoms with Crippen molar-refractivity contribution in [3.63, 3.8) is 0 Å². The Balaban J connectivity index is 1.60. The van der Waals surface area contributed by atoms with Crippen LogP contribution in [-0.2, 0) is 14.8 Å². The molecule has 0 spiro atoms. The van der Waals surface area contributed by atoms with Crippen molar-refractivity contribution < 1.29 is 31.5 Å². The van der Waals surface area contributed by atoms with Crippen molar-refractivity contribution >= 4 is 15.9 Å². The molecule has 2 aliphatic heterocycles. The number of rotatable bonds is 8. The van der Waals surface area contributed by atoms with Crippen LogP contribution in [0.15, 0.2) is 23.1 Å². The molecule has 1 aromatic carbocycles. The van der Waals surface area contributed by atoms with E-state index in [9.17, 15) is 22.0 Å². The van der Waals surface area contributed by atoms with Gasteiger partial charge in [0.1, 0.15) is 0 Å². The summed E-state index contributed by atoms with van der Waals surface area (Å²) in [4.78, 5) is 15.6. The molecule has 0 aromatic heterocycles. The third-order valence-corrected chi connectivity index (χ3v) is 7.14. The lowest BCUT2D eigenvalue weighted by Crippen LogP contribution is -2.52. The van der Waals surface area contributed by atoms with Crippen molar-refractivity contribution in [3.05, 3.63) is 18.2 Å². The molecule has 0 unspecified atom stereocenters. The molecule has 0 N–H and O–H groups in total. The molecule has 31 heavy (non-hydrogen) atoms. The fourth-order valence-electron chi connectivity index (χ4n) is 3.67. The van der Waals surface area contributed by atoms with E-state index in [4.69, 9.17) is 9.47 Å². The second-order valence-electron chi connectivity index (χ2n) is 7.57. The van der Waals surface area contributed by atoms with Gasteiger partial charge in [-0.05, 0) is 25.1 Å². The van der Waals surface area contributed by atoms with E-state index in [0.29, 0.717) is 37.7 Å². The molecule has 1 aromatic rings. The van der Waals surface area contributed by atoms with Crippen LogP contribution in [0.25, 0.3) is 0 Å². The van der Waals surface area contributed by atoms with Crippen molar-refractivity contribution in [2.45, 2.75) is 31.1 Å². The lowest BCUT2D eigenvalue weighted by Gasteiger charge is -2.35. The summed E-state index contributed by atoms with van der Waals surface area (Å²) in [6.45, 7) is 3.44. The van der Waals surface area contributed by atoms with Crippen LogP contribution in [0.5, 0.6) is 11.5 Å². The Labute approximate surface area is 181 Å². The Hall–Kier alpha value is -1.98. The normalized spacial score (nSPS) is 17.8. The van der Waals surface area contributed by atoms with Gasteiger partial charge in [-0.1, -0.05) is 6.92 Å². The van der Waals surface area contributed by atoms with Gasteiger partial charge in [-0.15, -0.1) is 0 Å². The van der Waals surface area contributed by atoms with Gasteiger partial charge in [0, 0.05) is 38.7 Å². The Bertz CT molecular complexity index is 860. The van der Waals surface area contributed by atoms with Crippen LogP contribution in [0.4, 0.5) is 8.78 Å². The molecular formula is C20H29F2N3O5S. The number of amides is 1. The van der Waals surface area contributed by atoms with E-state index in [1.54, 1.807) is 6.07 Å².